The van der Waals surface area contributed by atoms with E-state index in [1.807, 2.05) is 20.8 Å². The Morgan fingerprint density at radius 2 is 1.91 bits per heavy atom. The monoisotopic (exact) mass is 317 g/mol. The number of carbonyl (C=O) groups is 1. The van der Waals surface area contributed by atoms with Gasteiger partial charge in [0.05, 0.1) is 11.4 Å². The molecule has 0 fully saturated rings. The summed E-state index contributed by atoms with van der Waals surface area (Å²) in [6, 6.07) is 6.81. The van der Waals surface area contributed by atoms with Gasteiger partial charge in [-0.3, -0.25) is 9.59 Å². The van der Waals surface area contributed by atoms with Gasteiger partial charge >= 0.3 is 0 Å². The summed E-state index contributed by atoms with van der Waals surface area (Å²) in [4.78, 5) is 25.0. The summed E-state index contributed by atoms with van der Waals surface area (Å²) in [5, 5.41) is 17.1. The second-order valence-electron chi connectivity index (χ2n) is 5.98. The fourth-order valence-corrected chi connectivity index (χ4v) is 2.49. The van der Waals surface area contributed by atoms with Crippen molar-refractivity contribution in [3.05, 3.63) is 40.3 Å². The standard InChI is InChI=1S/C17H23N3O3/c1-11(2)20-17(23)14-9-5-4-8-13(14)15(19-20)16(22)18-12(3)7-6-10-21/h4-5,8-9,11-12,21H,6-7,10H2,1-3H3,(H,18,22). The van der Waals surface area contributed by atoms with E-state index in [2.05, 4.69) is 10.4 Å². The molecule has 0 aliphatic carbocycles. The van der Waals surface area contributed by atoms with Gasteiger partial charge in [0, 0.05) is 18.0 Å². The molecule has 6 nitrogen and oxygen atoms in total. The third-order valence-electron chi connectivity index (χ3n) is 3.71. The Labute approximate surface area is 135 Å². The minimum Gasteiger partial charge on any atom is -0.396 e. The van der Waals surface area contributed by atoms with E-state index in [1.54, 1.807) is 24.3 Å². The zero-order valence-corrected chi connectivity index (χ0v) is 13.7. The van der Waals surface area contributed by atoms with E-state index in [9.17, 15) is 9.59 Å². The van der Waals surface area contributed by atoms with Crippen LogP contribution in [-0.4, -0.2) is 33.4 Å². The van der Waals surface area contributed by atoms with Crippen molar-refractivity contribution in [1.82, 2.24) is 15.1 Å². The Hall–Kier alpha value is -2.21. The Morgan fingerprint density at radius 3 is 2.52 bits per heavy atom. The maximum Gasteiger partial charge on any atom is 0.274 e. The van der Waals surface area contributed by atoms with E-state index < -0.39 is 0 Å². The molecule has 1 heterocycles. The highest BCUT2D eigenvalue weighted by Gasteiger charge is 2.18. The number of aliphatic hydroxyl groups is 1. The van der Waals surface area contributed by atoms with Crippen molar-refractivity contribution in [3.8, 4) is 0 Å². The van der Waals surface area contributed by atoms with Gasteiger partial charge in [-0.25, -0.2) is 4.68 Å². The Bertz CT molecular complexity index is 752. The number of fused-ring (bicyclic) bond motifs is 1. The van der Waals surface area contributed by atoms with E-state index in [4.69, 9.17) is 5.11 Å². The topological polar surface area (TPSA) is 84.2 Å². The molecule has 1 atom stereocenters. The largest absolute Gasteiger partial charge is 0.396 e. The number of aromatic nitrogens is 2. The summed E-state index contributed by atoms with van der Waals surface area (Å²) in [5.41, 5.74) is 0.0604. The second kappa shape index (κ2) is 7.37. The molecule has 0 aliphatic heterocycles. The number of amides is 1. The molecule has 2 N–H and O–H groups in total. The molecule has 0 saturated heterocycles. The lowest BCUT2D eigenvalue weighted by Gasteiger charge is -2.16. The van der Waals surface area contributed by atoms with Crippen molar-refractivity contribution in [3.63, 3.8) is 0 Å². The van der Waals surface area contributed by atoms with Crippen LogP contribution in [0.1, 0.15) is 50.1 Å². The van der Waals surface area contributed by atoms with Gasteiger partial charge in [-0.15, -0.1) is 0 Å². The van der Waals surface area contributed by atoms with Gasteiger partial charge in [0.15, 0.2) is 5.69 Å². The number of benzene rings is 1. The van der Waals surface area contributed by atoms with Crippen LogP contribution in [0.3, 0.4) is 0 Å². The molecule has 0 spiro atoms. The molecule has 1 amide bonds. The van der Waals surface area contributed by atoms with E-state index in [0.717, 1.165) is 0 Å². The van der Waals surface area contributed by atoms with Crippen molar-refractivity contribution in [2.24, 2.45) is 0 Å². The normalized spacial score (nSPS) is 12.6. The van der Waals surface area contributed by atoms with Crippen LogP contribution in [0, 0.1) is 0 Å². The number of hydrogen-bond acceptors (Lipinski definition) is 4. The van der Waals surface area contributed by atoms with Crippen LogP contribution >= 0.6 is 0 Å². The Morgan fingerprint density at radius 1 is 1.26 bits per heavy atom. The number of rotatable bonds is 6. The fraction of sp³-hybridized carbons (Fsp3) is 0.471. The SMILES string of the molecule is CC(CCCO)NC(=O)c1nn(C(C)C)c(=O)c2ccccc12. The highest BCUT2D eigenvalue weighted by atomic mass is 16.3. The van der Waals surface area contributed by atoms with Crippen LogP contribution in [0.4, 0.5) is 0 Å². The van der Waals surface area contributed by atoms with E-state index in [1.165, 1.54) is 4.68 Å². The third-order valence-corrected chi connectivity index (χ3v) is 3.71. The van der Waals surface area contributed by atoms with Gasteiger partial charge in [-0.05, 0) is 39.7 Å². The van der Waals surface area contributed by atoms with E-state index >= 15 is 0 Å². The van der Waals surface area contributed by atoms with Gasteiger partial charge in [0.1, 0.15) is 0 Å². The number of carbonyl (C=O) groups excluding carboxylic acids is 1. The number of nitrogens with one attached hydrogen (secondary N) is 1. The fourth-order valence-electron chi connectivity index (χ4n) is 2.49. The summed E-state index contributed by atoms with van der Waals surface area (Å²) in [6.07, 6.45) is 1.31. The lowest BCUT2D eigenvalue weighted by Crippen LogP contribution is -2.36. The van der Waals surface area contributed by atoms with Crippen LogP contribution in [0.5, 0.6) is 0 Å². The third kappa shape index (κ3) is 3.76. The molecule has 6 heteroatoms. The summed E-state index contributed by atoms with van der Waals surface area (Å²) < 4.78 is 1.34. The van der Waals surface area contributed by atoms with Gasteiger partial charge in [-0.1, -0.05) is 18.2 Å². The van der Waals surface area contributed by atoms with Crippen LogP contribution in [-0.2, 0) is 0 Å². The van der Waals surface area contributed by atoms with Crippen LogP contribution in [0.25, 0.3) is 10.8 Å². The zero-order chi connectivity index (χ0) is 17.0. The van der Waals surface area contributed by atoms with E-state index in [-0.39, 0.29) is 35.9 Å². The molecule has 23 heavy (non-hydrogen) atoms. The van der Waals surface area contributed by atoms with Crippen molar-refractivity contribution < 1.29 is 9.90 Å². The molecule has 0 bridgehead atoms. The lowest BCUT2D eigenvalue weighted by molar-refractivity contribution is 0.0930. The minimum absolute atomic E-state index is 0.0744. The van der Waals surface area contributed by atoms with Crippen LogP contribution < -0.4 is 10.9 Å². The summed E-state index contributed by atoms with van der Waals surface area (Å²) >= 11 is 0. The summed E-state index contributed by atoms with van der Waals surface area (Å²) in [6.45, 7) is 5.69. The summed E-state index contributed by atoms with van der Waals surface area (Å²) in [7, 11) is 0. The van der Waals surface area contributed by atoms with Gasteiger partial charge in [-0.2, -0.15) is 5.10 Å². The molecular weight excluding hydrogens is 294 g/mol. The first-order chi connectivity index (χ1) is 11.0. The molecule has 1 aromatic heterocycles. The van der Waals surface area contributed by atoms with Gasteiger partial charge in [0.25, 0.3) is 11.5 Å². The van der Waals surface area contributed by atoms with Crippen molar-refractivity contribution >= 4 is 16.7 Å². The van der Waals surface area contributed by atoms with Crippen molar-refractivity contribution in [1.29, 1.82) is 0 Å². The first kappa shape index (κ1) is 17.1. The predicted molar refractivity (Wildman–Crippen MR) is 89.6 cm³/mol. The van der Waals surface area contributed by atoms with Crippen molar-refractivity contribution in [2.75, 3.05) is 6.61 Å². The average molecular weight is 317 g/mol. The first-order valence-corrected chi connectivity index (χ1v) is 7.89. The molecule has 0 saturated carbocycles. The number of hydrogen-bond donors (Lipinski definition) is 2. The molecule has 1 unspecified atom stereocenters. The lowest BCUT2D eigenvalue weighted by atomic mass is 10.1. The van der Waals surface area contributed by atoms with Gasteiger partial charge < -0.3 is 10.4 Å². The quantitative estimate of drug-likeness (QED) is 0.852. The van der Waals surface area contributed by atoms with Crippen LogP contribution in [0.15, 0.2) is 29.1 Å². The highest BCUT2D eigenvalue weighted by molar-refractivity contribution is 6.04. The summed E-state index contributed by atoms with van der Waals surface area (Å²) in [5.74, 6) is -0.305. The predicted octanol–water partition coefficient (Wildman–Crippen LogP) is 1.87. The average Bonchev–Trinajstić information content (AvgIpc) is 2.53. The Balaban J connectivity index is 2.45. The minimum atomic E-state index is -0.305. The zero-order valence-electron chi connectivity index (χ0n) is 13.7. The first-order valence-electron chi connectivity index (χ1n) is 7.89. The van der Waals surface area contributed by atoms with E-state index in [0.29, 0.717) is 23.6 Å². The second-order valence-corrected chi connectivity index (χ2v) is 5.98. The molecule has 1 aromatic carbocycles. The molecule has 0 aliphatic rings. The molecule has 2 rings (SSSR count). The number of aliphatic hydroxyl groups excluding tert-OH is 1. The van der Waals surface area contributed by atoms with Crippen molar-refractivity contribution in [2.45, 2.75) is 45.7 Å². The number of nitrogens with zero attached hydrogens (tertiary/aromatic N) is 2. The maximum atomic E-state index is 12.6. The van der Waals surface area contributed by atoms with Gasteiger partial charge in [0.2, 0.25) is 0 Å². The molecule has 2 aromatic rings. The molecular formula is C17H23N3O3. The maximum absolute atomic E-state index is 12.6. The smallest absolute Gasteiger partial charge is 0.274 e. The Kier molecular flexibility index (Phi) is 5.50. The van der Waals surface area contributed by atoms with Crippen LogP contribution in [0.2, 0.25) is 0 Å². The molecule has 124 valence electrons. The molecule has 0 radical (unpaired) electrons. The highest BCUT2D eigenvalue weighted by Crippen LogP contribution is 2.15.